The molecule has 0 spiro atoms. The van der Waals surface area contributed by atoms with Crippen molar-refractivity contribution in [1.29, 1.82) is 0 Å². The van der Waals surface area contributed by atoms with Gasteiger partial charge < -0.3 is 9.84 Å². The van der Waals surface area contributed by atoms with Crippen LogP contribution in [0, 0.1) is 5.92 Å². The van der Waals surface area contributed by atoms with Crippen LogP contribution in [-0.2, 0) is 11.3 Å². The van der Waals surface area contributed by atoms with Crippen molar-refractivity contribution in [1.82, 2.24) is 9.80 Å². The van der Waals surface area contributed by atoms with Crippen molar-refractivity contribution >= 4 is 0 Å². The monoisotopic (exact) mass is 332 g/mol. The zero-order valence-electron chi connectivity index (χ0n) is 14.9. The average molecular weight is 332 g/mol. The Balaban J connectivity index is 1.33. The second kappa shape index (κ2) is 8.95. The number of benzene rings is 1. The van der Waals surface area contributed by atoms with Crippen molar-refractivity contribution in [2.24, 2.45) is 5.92 Å². The van der Waals surface area contributed by atoms with Crippen molar-refractivity contribution in [2.75, 3.05) is 39.3 Å². The number of hydrogen-bond acceptors (Lipinski definition) is 4. The topological polar surface area (TPSA) is 35.9 Å². The van der Waals surface area contributed by atoms with E-state index in [4.69, 9.17) is 4.74 Å². The van der Waals surface area contributed by atoms with Crippen molar-refractivity contribution in [3.05, 3.63) is 35.9 Å². The molecule has 1 saturated heterocycles. The maximum absolute atomic E-state index is 10.3. The largest absolute Gasteiger partial charge is 0.389 e. The number of ether oxygens (including phenoxy) is 1. The maximum atomic E-state index is 10.3. The summed E-state index contributed by atoms with van der Waals surface area (Å²) in [6.45, 7) is 8.72. The van der Waals surface area contributed by atoms with Gasteiger partial charge in [-0.25, -0.2) is 0 Å². The number of nitrogens with zero attached hydrogens (tertiary/aromatic N) is 2. The normalized spacial score (nSPS) is 27.4. The number of rotatable bonds is 7. The first-order valence-corrected chi connectivity index (χ1v) is 9.49. The molecule has 0 aromatic heterocycles. The van der Waals surface area contributed by atoms with Crippen molar-refractivity contribution in [3.63, 3.8) is 0 Å². The van der Waals surface area contributed by atoms with Crippen LogP contribution in [0.2, 0.25) is 0 Å². The minimum absolute atomic E-state index is 0.363. The van der Waals surface area contributed by atoms with Crippen molar-refractivity contribution in [2.45, 2.75) is 44.9 Å². The minimum atomic E-state index is -0.363. The second-order valence-corrected chi connectivity index (χ2v) is 7.50. The van der Waals surface area contributed by atoms with Crippen LogP contribution in [0.1, 0.15) is 31.7 Å². The summed E-state index contributed by atoms with van der Waals surface area (Å²) in [4.78, 5) is 4.86. The van der Waals surface area contributed by atoms with E-state index in [1.807, 2.05) is 0 Å². The molecule has 134 valence electrons. The lowest BCUT2D eigenvalue weighted by Crippen LogP contribution is -2.48. The molecular weight excluding hydrogens is 300 g/mol. The fourth-order valence-corrected chi connectivity index (χ4v) is 3.92. The highest BCUT2D eigenvalue weighted by Gasteiger charge is 2.25. The lowest BCUT2D eigenvalue weighted by Gasteiger charge is -2.35. The molecule has 1 N–H and O–H groups in total. The number of aliphatic hydroxyl groups excluding tert-OH is 1. The molecule has 4 nitrogen and oxygen atoms in total. The summed E-state index contributed by atoms with van der Waals surface area (Å²) < 4.78 is 5.93. The molecule has 1 aliphatic heterocycles. The van der Waals surface area contributed by atoms with Crippen LogP contribution in [0.15, 0.2) is 30.3 Å². The molecule has 3 rings (SSSR count). The third kappa shape index (κ3) is 5.28. The SMILES string of the molecule is C[C@H]1CCC[C@@H]1OC[C@H](O)CN1CCN(Cc2ccccc2)CC1. The maximum Gasteiger partial charge on any atom is 0.0900 e. The quantitative estimate of drug-likeness (QED) is 0.832. The summed E-state index contributed by atoms with van der Waals surface area (Å²) in [5.74, 6) is 0.652. The highest BCUT2D eigenvalue weighted by Crippen LogP contribution is 2.27. The molecule has 2 aliphatic rings. The molecule has 4 heteroatoms. The van der Waals surface area contributed by atoms with Crippen LogP contribution in [0.25, 0.3) is 0 Å². The first kappa shape index (κ1) is 17.9. The molecule has 1 heterocycles. The average Bonchev–Trinajstić information content (AvgIpc) is 3.01. The van der Waals surface area contributed by atoms with Crippen LogP contribution in [-0.4, -0.2) is 66.4 Å². The molecule has 1 aromatic carbocycles. The number of aliphatic hydroxyl groups is 1. The Labute approximate surface area is 146 Å². The number of hydrogen-bond donors (Lipinski definition) is 1. The van der Waals surface area contributed by atoms with Crippen LogP contribution < -0.4 is 0 Å². The van der Waals surface area contributed by atoms with Gasteiger partial charge in [-0.05, 0) is 24.3 Å². The second-order valence-electron chi connectivity index (χ2n) is 7.50. The van der Waals surface area contributed by atoms with E-state index in [2.05, 4.69) is 47.1 Å². The smallest absolute Gasteiger partial charge is 0.0900 e. The van der Waals surface area contributed by atoms with Crippen LogP contribution >= 0.6 is 0 Å². The lowest BCUT2D eigenvalue weighted by atomic mass is 10.1. The number of β-amino-alcohol motifs (C(OH)–C–C–N with tert-alkyl or cyclic N) is 1. The molecule has 0 amide bonds. The lowest BCUT2D eigenvalue weighted by molar-refractivity contribution is -0.0358. The Hall–Kier alpha value is -0.940. The van der Waals surface area contributed by atoms with Crippen LogP contribution in [0.5, 0.6) is 0 Å². The molecular formula is C20H32N2O2. The van der Waals surface area contributed by atoms with Gasteiger partial charge in [0.2, 0.25) is 0 Å². The Morgan fingerprint density at radius 3 is 2.46 bits per heavy atom. The predicted molar refractivity (Wildman–Crippen MR) is 96.9 cm³/mol. The van der Waals surface area contributed by atoms with E-state index in [9.17, 15) is 5.11 Å². The zero-order valence-corrected chi connectivity index (χ0v) is 14.9. The summed E-state index contributed by atoms with van der Waals surface area (Å²) in [5, 5.41) is 10.3. The zero-order chi connectivity index (χ0) is 16.8. The van der Waals surface area contributed by atoms with E-state index in [-0.39, 0.29) is 6.10 Å². The Morgan fingerprint density at radius 1 is 1.08 bits per heavy atom. The number of piperazine rings is 1. The molecule has 24 heavy (non-hydrogen) atoms. The summed E-state index contributed by atoms with van der Waals surface area (Å²) >= 11 is 0. The Bertz CT molecular complexity index is 474. The first-order valence-electron chi connectivity index (χ1n) is 9.49. The van der Waals surface area contributed by atoms with Gasteiger partial charge in [-0.2, -0.15) is 0 Å². The third-order valence-electron chi connectivity index (χ3n) is 5.47. The van der Waals surface area contributed by atoms with Gasteiger partial charge in [0.05, 0.1) is 18.8 Å². The summed E-state index contributed by atoms with van der Waals surface area (Å²) in [6.07, 6.45) is 3.70. The van der Waals surface area contributed by atoms with E-state index in [0.717, 1.165) is 45.7 Å². The van der Waals surface area contributed by atoms with E-state index < -0.39 is 0 Å². The third-order valence-corrected chi connectivity index (χ3v) is 5.47. The predicted octanol–water partition coefficient (Wildman–Crippen LogP) is 2.37. The van der Waals surface area contributed by atoms with Gasteiger partial charge in [0, 0.05) is 39.3 Å². The van der Waals surface area contributed by atoms with Gasteiger partial charge in [-0.1, -0.05) is 43.7 Å². The Morgan fingerprint density at radius 2 is 1.79 bits per heavy atom. The molecule has 0 unspecified atom stereocenters. The fourth-order valence-electron chi connectivity index (χ4n) is 3.92. The highest BCUT2D eigenvalue weighted by molar-refractivity contribution is 5.14. The molecule has 1 saturated carbocycles. The molecule has 1 aromatic rings. The molecule has 1 aliphatic carbocycles. The van der Waals surface area contributed by atoms with E-state index in [1.165, 1.54) is 18.4 Å². The van der Waals surface area contributed by atoms with E-state index in [0.29, 0.717) is 18.6 Å². The summed E-state index contributed by atoms with van der Waals surface area (Å²) in [5.41, 5.74) is 1.38. The Kier molecular flexibility index (Phi) is 6.67. The fraction of sp³-hybridized carbons (Fsp3) is 0.700. The van der Waals surface area contributed by atoms with Gasteiger partial charge in [0.15, 0.2) is 0 Å². The molecule has 0 radical (unpaired) electrons. The summed E-state index contributed by atoms with van der Waals surface area (Å²) in [7, 11) is 0. The van der Waals surface area contributed by atoms with Crippen LogP contribution in [0.4, 0.5) is 0 Å². The van der Waals surface area contributed by atoms with Crippen LogP contribution in [0.3, 0.4) is 0 Å². The molecule has 0 bridgehead atoms. The highest BCUT2D eigenvalue weighted by atomic mass is 16.5. The first-order chi connectivity index (χ1) is 11.7. The van der Waals surface area contributed by atoms with Gasteiger partial charge in [-0.3, -0.25) is 9.80 Å². The molecule has 3 atom stereocenters. The summed E-state index contributed by atoms with van der Waals surface area (Å²) in [6, 6.07) is 10.7. The van der Waals surface area contributed by atoms with Gasteiger partial charge in [0.25, 0.3) is 0 Å². The van der Waals surface area contributed by atoms with Gasteiger partial charge in [-0.15, -0.1) is 0 Å². The van der Waals surface area contributed by atoms with E-state index in [1.54, 1.807) is 0 Å². The van der Waals surface area contributed by atoms with E-state index >= 15 is 0 Å². The van der Waals surface area contributed by atoms with Crippen molar-refractivity contribution in [3.8, 4) is 0 Å². The minimum Gasteiger partial charge on any atom is -0.389 e. The van der Waals surface area contributed by atoms with Gasteiger partial charge in [0.1, 0.15) is 0 Å². The van der Waals surface area contributed by atoms with Crippen molar-refractivity contribution < 1.29 is 9.84 Å². The van der Waals surface area contributed by atoms with Gasteiger partial charge >= 0.3 is 0 Å². The molecule has 2 fully saturated rings. The standard InChI is InChI=1S/C20H32N2O2/c1-17-6-5-9-20(17)24-16-19(23)15-22-12-10-21(11-13-22)14-18-7-3-2-4-8-18/h2-4,7-8,17,19-20,23H,5-6,9-16H2,1H3/t17-,19+,20-/m0/s1.